The average molecular weight is 540 g/mol. The van der Waals surface area contributed by atoms with Crippen molar-refractivity contribution in [2.75, 3.05) is 12.4 Å². The van der Waals surface area contributed by atoms with Crippen molar-refractivity contribution in [3.05, 3.63) is 97.9 Å². The van der Waals surface area contributed by atoms with Crippen LogP contribution in [0.4, 0.5) is 10.1 Å². The first kappa shape index (κ1) is 23.5. The van der Waals surface area contributed by atoms with Crippen molar-refractivity contribution in [3.63, 3.8) is 0 Å². The van der Waals surface area contributed by atoms with Gasteiger partial charge in [-0.15, -0.1) is 0 Å². The summed E-state index contributed by atoms with van der Waals surface area (Å²) in [5.74, 6) is -0.177. The maximum atomic E-state index is 14.1. The molecule has 0 spiro atoms. The Labute approximate surface area is 200 Å². The van der Waals surface area contributed by atoms with Gasteiger partial charge in [0.15, 0.2) is 0 Å². The van der Waals surface area contributed by atoms with Crippen molar-refractivity contribution in [3.8, 4) is 11.8 Å². The highest BCUT2D eigenvalue weighted by Crippen LogP contribution is 2.30. The Morgan fingerprint density at radius 2 is 1.84 bits per heavy atom. The lowest BCUT2D eigenvalue weighted by atomic mass is 10.0. The van der Waals surface area contributed by atoms with E-state index in [-0.39, 0.29) is 11.4 Å². The molecule has 0 radical (unpaired) electrons. The molecule has 1 amide bonds. The van der Waals surface area contributed by atoms with Crippen molar-refractivity contribution in [2.45, 2.75) is 19.8 Å². The van der Waals surface area contributed by atoms with Crippen molar-refractivity contribution < 1.29 is 13.9 Å². The van der Waals surface area contributed by atoms with E-state index in [1.54, 1.807) is 31.4 Å². The molecule has 0 unspecified atom stereocenters. The largest absolute Gasteiger partial charge is 0.496 e. The fraction of sp³-hybridized carbons (Fsp3) is 0.154. The molecule has 0 atom stereocenters. The van der Waals surface area contributed by atoms with Gasteiger partial charge in [0.25, 0.3) is 5.91 Å². The topological polar surface area (TPSA) is 62.1 Å². The molecule has 0 aliphatic carbocycles. The first-order valence-corrected chi connectivity index (χ1v) is 11.2. The molecule has 0 bridgehead atoms. The smallest absolute Gasteiger partial charge is 0.266 e. The third kappa shape index (κ3) is 5.54. The molecule has 4 nitrogen and oxygen atoms in total. The van der Waals surface area contributed by atoms with E-state index in [0.717, 1.165) is 21.1 Å². The number of rotatable bonds is 7. The number of aryl methyl sites for hydroxylation is 1. The van der Waals surface area contributed by atoms with Gasteiger partial charge in [-0.2, -0.15) is 5.26 Å². The second-order valence-corrected chi connectivity index (χ2v) is 8.25. The summed E-state index contributed by atoms with van der Waals surface area (Å²) in [7, 11) is 1.54. The fourth-order valence-electron chi connectivity index (χ4n) is 3.36. The Kier molecular flexibility index (Phi) is 8.01. The van der Waals surface area contributed by atoms with Gasteiger partial charge in [-0.3, -0.25) is 4.79 Å². The van der Waals surface area contributed by atoms with Gasteiger partial charge in [-0.25, -0.2) is 4.39 Å². The zero-order valence-electron chi connectivity index (χ0n) is 17.8. The highest BCUT2D eigenvalue weighted by molar-refractivity contribution is 14.1. The van der Waals surface area contributed by atoms with Crippen LogP contribution in [0.1, 0.15) is 29.2 Å². The van der Waals surface area contributed by atoms with Crippen molar-refractivity contribution >= 4 is 40.3 Å². The van der Waals surface area contributed by atoms with E-state index >= 15 is 0 Å². The monoisotopic (exact) mass is 540 g/mol. The van der Waals surface area contributed by atoms with Crippen molar-refractivity contribution in [1.82, 2.24) is 0 Å². The molecule has 0 aliphatic heterocycles. The average Bonchev–Trinajstić information content (AvgIpc) is 2.80. The standard InChI is InChI=1S/C26H22FIN2O2/c1-3-18-8-5-7-11-24(18)30-26(31)20(16-29)12-17-13-23(28)21(25(14-17)32-2)15-19-9-4-6-10-22(19)27/h4-14H,3,15H2,1-2H3,(H,30,31)/b20-12+. The summed E-state index contributed by atoms with van der Waals surface area (Å²) in [5, 5.41) is 12.4. The Morgan fingerprint density at radius 3 is 2.50 bits per heavy atom. The number of nitriles is 1. The molecule has 162 valence electrons. The Morgan fingerprint density at radius 1 is 1.16 bits per heavy atom. The first-order valence-electron chi connectivity index (χ1n) is 10.1. The van der Waals surface area contributed by atoms with Crippen molar-refractivity contribution in [2.24, 2.45) is 0 Å². The van der Waals surface area contributed by atoms with Gasteiger partial charge in [0.1, 0.15) is 23.2 Å². The highest BCUT2D eigenvalue weighted by Gasteiger charge is 2.15. The number of nitrogens with one attached hydrogen (secondary N) is 1. The van der Waals surface area contributed by atoms with Crippen LogP contribution in [0.3, 0.4) is 0 Å². The van der Waals surface area contributed by atoms with Gasteiger partial charge in [0.2, 0.25) is 0 Å². The number of para-hydroxylation sites is 1. The Hall–Kier alpha value is -3.18. The molecule has 0 heterocycles. The highest BCUT2D eigenvalue weighted by atomic mass is 127. The van der Waals surface area contributed by atoms with Crippen LogP contribution in [0.2, 0.25) is 0 Å². The number of anilines is 1. The molecule has 0 saturated heterocycles. The van der Waals surface area contributed by atoms with Crippen LogP contribution in [0.25, 0.3) is 6.08 Å². The summed E-state index contributed by atoms with van der Waals surface area (Å²) in [5.41, 5.74) is 3.73. The zero-order chi connectivity index (χ0) is 23.1. The summed E-state index contributed by atoms with van der Waals surface area (Å²) in [6, 6.07) is 19.7. The fourth-order valence-corrected chi connectivity index (χ4v) is 4.17. The Bertz CT molecular complexity index is 1210. The maximum Gasteiger partial charge on any atom is 0.266 e. The Balaban J connectivity index is 1.91. The molecule has 3 aromatic carbocycles. The second-order valence-electron chi connectivity index (χ2n) is 7.09. The van der Waals surface area contributed by atoms with Crippen LogP contribution in [-0.2, 0) is 17.6 Å². The number of carbonyl (C=O) groups is 1. The molecular formula is C26H22FIN2O2. The van der Waals surface area contributed by atoms with E-state index in [4.69, 9.17) is 4.74 Å². The van der Waals surface area contributed by atoms with Crippen molar-refractivity contribution in [1.29, 1.82) is 5.26 Å². The molecule has 0 aromatic heterocycles. The van der Waals surface area contributed by atoms with Crippen LogP contribution in [-0.4, -0.2) is 13.0 Å². The minimum atomic E-state index is -0.474. The van der Waals surface area contributed by atoms with Gasteiger partial charge in [-0.1, -0.05) is 43.3 Å². The van der Waals surface area contributed by atoms with Crippen LogP contribution in [0, 0.1) is 20.7 Å². The number of hydrogen-bond acceptors (Lipinski definition) is 3. The number of carbonyl (C=O) groups excluding carboxylic acids is 1. The number of amides is 1. The van der Waals surface area contributed by atoms with Crippen LogP contribution < -0.4 is 10.1 Å². The van der Waals surface area contributed by atoms with E-state index in [9.17, 15) is 14.4 Å². The molecule has 0 fully saturated rings. The molecule has 32 heavy (non-hydrogen) atoms. The molecule has 0 aliphatic rings. The summed E-state index contributed by atoms with van der Waals surface area (Å²) in [4.78, 5) is 12.7. The van der Waals surface area contributed by atoms with E-state index in [1.165, 1.54) is 12.1 Å². The van der Waals surface area contributed by atoms with Crippen LogP contribution in [0.15, 0.2) is 66.2 Å². The number of benzene rings is 3. The zero-order valence-corrected chi connectivity index (χ0v) is 19.9. The quantitative estimate of drug-likeness (QED) is 0.223. The predicted octanol–water partition coefficient (Wildman–Crippen LogP) is 6.14. The number of nitrogens with zero attached hydrogens (tertiary/aromatic N) is 1. The molecule has 3 rings (SSSR count). The minimum Gasteiger partial charge on any atom is -0.496 e. The van der Waals surface area contributed by atoms with Gasteiger partial charge in [0.05, 0.1) is 7.11 Å². The van der Waals surface area contributed by atoms with E-state index < -0.39 is 5.91 Å². The number of halogens is 2. The summed E-state index contributed by atoms with van der Waals surface area (Å²) < 4.78 is 20.5. The number of methoxy groups -OCH3 is 1. The van der Waals surface area contributed by atoms with Gasteiger partial charge in [0, 0.05) is 21.2 Å². The summed E-state index contributed by atoms with van der Waals surface area (Å²) in [6.45, 7) is 2.00. The lowest BCUT2D eigenvalue weighted by molar-refractivity contribution is -0.112. The predicted molar refractivity (Wildman–Crippen MR) is 133 cm³/mol. The second kappa shape index (κ2) is 10.9. The molecule has 3 aromatic rings. The first-order chi connectivity index (χ1) is 15.5. The molecular weight excluding hydrogens is 518 g/mol. The lowest BCUT2D eigenvalue weighted by Gasteiger charge is -2.13. The maximum absolute atomic E-state index is 14.1. The van der Waals surface area contributed by atoms with Gasteiger partial charge in [-0.05, 0) is 76.0 Å². The summed E-state index contributed by atoms with van der Waals surface area (Å²) in [6.07, 6.45) is 2.67. The molecule has 0 saturated carbocycles. The lowest BCUT2D eigenvalue weighted by Crippen LogP contribution is -2.14. The van der Waals surface area contributed by atoms with Crippen LogP contribution in [0.5, 0.6) is 5.75 Å². The third-order valence-corrected chi connectivity index (χ3v) is 6.01. The number of ether oxygens (including phenoxy) is 1. The van der Waals surface area contributed by atoms with E-state index in [2.05, 4.69) is 27.9 Å². The normalized spacial score (nSPS) is 11.0. The molecule has 6 heteroatoms. The van der Waals surface area contributed by atoms with E-state index in [1.807, 2.05) is 43.3 Å². The summed E-state index contributed by atoms with van der Waals surface area (Å²) >= 11 is 2.16. The van der Waals surface area contributed by atoms with Gasteiger partial charge >= 0.3 is 0 Å². The SMILES string of the molecule is CCc1ccccc1NC(=O)/C(C#N)=C/c1cc(I)c(Cc2ccccc2F)c(OC)c1. The number of hydrogen-bond donors (Lipinski definition) is 1. The third-order valence-electron chi connectivity index (χ3n) is 5.04. The van der Waals surface area contributed by atoms with E-state index in [0.29, 0.717) is 29.0 Å². The van der Waals surface area contributed by atoms with Gasteiger partial charge < -0.3 is 10.1 Å². The van der Waals surface area contributed by atoms with Crippen LogP contribution >= 0.6 is 22.6 Å². The minimum absolute atomic E-state index is 0.0180. The molecule has 1 N–H and O–H groups in total.